The number of hydrogen-bond donors (Lipinski definition) is 1. The highest BCUT2D eigenvalue weighted by molar-refractivity contribution is 14.0. The van der Waals surface area contributed by atoms with E-state index in [4.69, 9.17) is 0 Å². The summed E-state index contributed by atoms with van der Waals surface area (Å²) < 4.78 is 2.13. The second-order valence-corrected chi connectivity index (χ2v) is 7.74. The zero-order chi connectivity index (χ0) is 19.4. The molecule has 2 heterocycles. The van der Waals surface area contributed by atoms with Gasteiger partial charge in [-0.15, -0.1) is 24.0 Å². The van der Waals surface area contributed by atoms with E-state index in [1.165, 1.54) is 10.9 Å². The van der Waals surface area contributed by atoms with E-state index in [-0.39, 0.29) is 36.4 Å². The maximum atomic E-state index is 12.0. The Kier molecular flexibility index (Phi) is 8.09. The van der Waals surface area contributed by atoms with Gasteiger partial charge in [-0.2, -0.15) is 5.10 Å². The lowest BCUT2D eigenvalue weighted by atomic mass is 10.2. The summed E-state index contributed by atoms with van der Waals surface area (Å²) in [6.45, 7) is 7.07. The number of benzene rings is 1. The van der Waals surface area contributed by atoms with Gasteiger partial charge in [0, 0.05) is 39.1 Å². The van der Waals surface area contributed by atoms with Crippen LogP contribution in [-0.2, 0) is 4.79 Å². The molecule has 1 aromatic carbocycles. The number of aromatic nitrogens is 2. The predicted octanol–water partition coefficient (Wildman–Crippen LogP) is 2.59. The average Bonchev–Trinajstić information content (AvgIpc) is 3.27. The van der Waals surface area contributed by atoms with Gasteiger partial charge in [-0.1, -0.05) is 32.0 Å². The van der Waals surface area contributed by atoms with E-state index in [0.29, 0.717) is 12.0 Å². The molecule has 1 fully saturated rings. The number of nitrogens with zero attached hydrogens (tertiary/aromatic N) is 5. The molecule has 1 amide bonds. The predicted molar refractivity (Wildman–Crippen MR) is 124 cm³/mol. The quantitative estimate of drug-likeness (QED) is 0.391. The highest BCUT2D eigenvalue weighted by atomic mass is 127. The van der Waals surface area contributed by atoms with Crippen molar-refractivity contribution in [3.63, 3.8) is 0 Å². The van der Waals surface area contributed by atoms with Gasteiger partial charge in [0.15, 0.2) is 5.96 Å². The van der Waals surface area contributed by atoms with Gasteiger partial charge < -0.3 is 15.1 Å². The number of likely N-dealkylation sites (tertiary alicyclic amines) is 1. The molecule has 1 unspecified atom stereocenters. The Hall–Kier alpha value is -1.84. The number of nitrogens with one attached hydrogen (secondary N) is 1. The van der Waals surface area contributed by atoms with Crippen molar-refractivity contribution in [1.29, 1.82) is 0 Å². The van der Waals surface area contributed by atoms with Gasteiger partial charge in [-0.3, -0.25) is 9.48 Å². The highest BCUT2D eigenvalue weighted by Gasteiger charge is 2.28. The number of halogens is 1. The summed E-state index contributed by atoms with van der Waals surface area (Å²) in [7, 11) is 3.52. The van der Waals surface area contributed by atoms with Crippen LogP contribution in [0.15, 0.2) is 35.5 Å². The first kappa shape index (κ1) is 22.4. The third kappa shape index (κ3) is 5.36. The van der Waals surface area contributed by atoms with Gasteiger partial charge in [-0.05, 0) is 18.4 Å². The van der Waals surface area contributed by atoms with Crippen molar-refractivity contribution < 1.29 is 4.79 Å². The van der Waals surface area contributed by atoms with Crippen molar-refractivity contribution in [3.05, 3.63) is 30.5 Å². The zero-order valence-electron chi connectivity index (χ0n) is 17.1. The van der Waals surface area contributed by atoms with E-state index < -0.39 is 0 Å². The molecule has 2 aromatic rings. The maximum Gasteiger partial charge on any atom is 0.243 e. The lowest BCUT2D eigenvalue weighted by molar-refractivity contribution is -0.127. The molecule has 28 heavy (non-hydrogen) atoms. The SMILES string of the molecule is CC(C)CNC(=NCC(=O)N(C)C)N1CCC(n2ncc3ccccc32)C1.I. The lowest BCUT2D eigenvalue weighted by Crippen LogP contribution is -2.42. The molecular formula is C20H31IN6O. The Morgan fingerprint density at radius 2 is 2.11 bits per heavy atom. The van der Waals surface area contributed by atoms with Crippen molar-refractivity contribution >= 4 is 46.7 Å². The van der Waals surface area contributed by atoms with Crippen molar-refractivity contribution in [2.75, 3.05) is 40.3 Å². The van der Waals surface area contributed by atoms with Crippen LogP contribution in [0.25, 0.3) is 10.9 Å². The molecule has 1 saturated heterocycles. The van der Waals surface area contributed by atoms with Crippen molar-refractivity contribution in [3.8, 4) is 0 Å². The second-order valence-electron chi connectivity index (χ2n) is 7.74. The smallest absolute Gasteiger partial charge is 0.243 e. The largest absolute Gasteiger partial charge is 0.356 e. The Labute approximate surface area is 184 Å². The summed E-state index contributed by atoms with van der Waals surface area (Å²) in [5, 5.41) is 9.21. The summed E-state index contributed by atoms with van der Waals surface area (Å²) in [6, 6.07) is 8.61. The number of guanidine groups is 1. The van der Waals surface area contributed by atoms with Crippen molar-refractivity contribution in [2.45, 2.75) is 26.3 Å². The minimum absolute atomic E-state index is 0. The number of rotatable bonds is 5. The van der Waals surface area contributed by atoms with Crippen LogP contribution >= 0.6 is 24.0 Å². The minimum atomic E-state index is 0. The monoisotopic (exact) mass is 498 g/mol. The fraction of sp³-hybridized carbons (Fsp3) is 0.550. The number of likely N-dealkylation sites (N-methyl/N-ethyl adjacent to an activating group) is 1. The third-order valence-electron chi connectivity index (χ3n) is 4.84. The Balaban J connectivity index is 0.00000280. The lowest BCUT2D eigenvalue weighted by Gasteiger charge is -2.23. The Morgan fingerprint density at radius 3 is 2.82 bits per heavy atom. The number of carbonyl (C=O) groups is 1. The molecule has 0 bridgehead atoms. The molecule has 1 atom stereocenters. The van der Waals surface area contributed by atoms with Crippen molar-refractivity contribution in [1.82, 2.24) is 24.9 Å². The van der Waals surface area contributed by atoms with Crippen LogP contribution in [0, 0.1) is 5.92 Å². The summed E-state index contributed by atoms with van der Waals surface area (Å²) in [5.41, 5.74) is 1.17. The van der Waals surface area contributed by atoms with E-state index >= 15 is 0 Å². The average molecular weight is 498 g/mol. The van der Waals surface area contributed by atoms with Crippen LogP contribution in [0.3, 0.4) is 0 Å². The molecule has 0 aliphatic carbocycles. The molecular weight excluding hydrogens is 467 g/mol. The molecule has 8 heteroatoms. The van der Waals surface area contributed by atoms with Gasteiger partial charge in [0.2, 0.25) is 5.91 Å². The number of hydrogen-bond acceptors (Lipinski definition) is 3. The molecule has 0 radical (unpaired) electrons. The molecule has 1 aliphatic heterocycles. The number of amides is 1. The molecule has 0 spiro atoms. The van der Waals surface area contributed by atoms with Crippen LogP contribution in [0.5, 0.6) is 0 Å². The molecule has 1 aliphatic rings. The maximum absolute atomic E-state index is 12.0. The topological polar surface area (TPSA) is 65.8 Å². The van der Waals surface area contributed by atoms with Crippen LogP contribution in [0.2, 0.25) is 0 Å². The fourth-order valence-corrected chi connectivity index (χ4v) is 3.26. The molecule has 3 rings (SSSR count). The number of aliphatic imine (C=N–C) groups is 1. The van der Waals surface area contributed by atoms with Gasteiger partial charge >= 0.3 is 0 Å². The van der Waals surface area contributed by atoms with Gasteiger partial charge in [-0.25, -0.2) is 4.99 Å². The van der Waals surface area contributed by atoms with Crippen LogP contribution < -0.4 is 5.32 Å². The van der Waals surface area contributed by atoms with Gasteiger partial charge in [0.25, 0.3) is 0 Å². The number of para-hydroxylation sites is 1. The molecule has 1 N–H and O–H groups in total. The first-order valence-electron chi connectivity index (χ1n) is 9.61. The van der Waals surface area contributed by atoms with Crippen LogP contribution in [-0.4, -0.2) is 71.7 Å². The molecule has 1 aromatic heterocycles. The third-order valence-corrected chi connectivity index (χ3v) is 4.84. The van der Waals surface area contributed by atoms with Crippen LogP contribution in [0.4, 0.5) is 0 Å². The summed E-state index contributed by atoms with van der Waals surface area (Å²) in [5.74, 6) is 1.33. The van der Waals surface area contributed by atoms with Gasteiger partial charge in [0.05, 0.1) is 17.8 Å². The zero-order valence-corrected chi connectivity index (χ0v) is 19.5. The number of fused-ring (bicyclic) bond motifs is 1. The van der Waals surface area contributed by atoms with Gasteiger partial charge in [0.1, 0.15) is 6.54 Å². The first-order chi connectivity index (χ1) is 13.0. The molecule has 0 saturated carbocycles. The van der Waals surface area contributed by atoms with E-state index in [9.17, 15) is 4.79 Å². The van der Waals surface area contributed by atoms with E-state index in [1.807, 2.05) is 12.3 Å². The van der Waals surface area contributed by atoms with E-state index in [1.54, 1.807) is 19.0 Å². The standard InChI is InChI=1S/C20H30N6O.HI/c1-15(2)11-21-20(22-13-19(27)24(3)4)25-10-9-17(14-25)26-18-8-6-5-7-16(18)12-23-26;/h5-8,12,15,17H,9-11,13-14H2,1-4H3,(H,21,22);1H. The van der Waals surface area contributed by atoms with E-state index in [0.717, 1.165) is 32.0 Å². The van der Waals surface area contributed by atoms with Crippen molar-refractivity contribution in [2.24, 2.45) is 10.9 Å². The summed E-state index contributed by atoms with van der Waals surface area (Å²) in [6.07, 6.45) is 2.94. The first-order valence-corrected chi connectivity index (χ1v) is 9.61. The number of carbonyl (C=O) groups excluding carboxylic acids is 1. The Morgan fingerprint density at radius 1 is 1.36 bits per heavy atom. The van der Waals surface area contributed by atoms with Crippen LogP contribution in [0.1, 0.15) is 26.3 Å². The molecule has 7 nitrogen and oxygen atoms in total. The summed E-state index contributed by atoms with van der Waals surface area (Å²) >= 11 is 0. The second kappa shape index (κ2) is 10.1. The normalized spacial score (nSPS) is 17.1. The molecule has 154 valence electrons. The highest BCUT2D eigenvalue weighted by Crippen LogP contribution is 2.25. The minimum Gasteiger partial charge on any atom is -0.356 e. The summed E-state index contributed by atoms with van der Waals surface area (Å²) in [4.78, 5) is 20.4. The van der Waals surface area contributed by atoms with E-state index in [2.05, 4.69) is 57.0 Å². The Bertz CT molecular complexity index is 816. The fourth-order valence-electron chi connectivity index (χ4n) is 3.26.